The van der Waals surface area contributed by atoms with E-state index in [1.165, 1.54) is 56.1 Å². The minimum absolute atomic E-state index is 0.476. The second-order valence-corrected chi connectivity index (χ2v) is 15.2. The summed E-state index contributed by atoms with van der Waals surface area (Å²) in [6.07, 6.45) is 9.98. The van der Waals surface area contributed by atoms with Crippen molar-refractivity contribution < 1.29 is 9.53 Å². The summed E-state index contributed by atoms with van der Waals surface area (Å²) in [6.45, 7) is 12.7. The maximum absolute atomic E-state index is 10.8. The molecule has 0 radical (unpaired) electrons. The lowest BCUT2D eigenvalue weighted by Gasteiger charge is -2.32. The normalized spacial score (nSPS) is 26.0. The van der Waals surface area contributed by atoms with Gasteiger partial charge in [-0.1, -0.05) is 61.2 Å². The summed E-state index contributed by atoms with van der Waals surface area (Å²) in [6, 6.07) is 4.43. The van der Waals surface area contributed by atoms with Gasteiger partial charge in [-0.3, -0.25) is 0 Å². The number of halogens is 1. The van der Waals surface area contributed by atoms with Gasteiger partial charge < -0.3 is 9.53 Å². The van der Waals surface area contributed by atoms with Crippen LogP contribution in [0.1, 0.15) is 68.2 Å². The minimum atomic E-state index is -1.77. The molecule has 2 aliphatic rings. The summed E-state index contributed by atoms with van der Waals surface area (Å²) in [5.74, 6) is 3.10. The molecule has 3 rings (SSSR count). The van der Waals surface area contributed by atoms with Crippen LogP contribution in [0.25, 0.3) is 0 Å². The number of hydrogen-bond donors (Lipinski definition) is 1. The monoisotopic (exact) mass is 464 g/mol. The third-order valence-electron chi connectivity index (χ3n) is 6.57. The van der Waals surface area contributed by atoms with E-state index < -0.39 is 14.4 Å². The Morgan fingerprint density at radius 3 is 2.32 bits per heavy atom. The van der Waals surface area contributed by atoms with Crippen LogP contribution in [0.15, 0.2) is 28.9 Å². The molecule has 0 aliphatic heterocycles. The summed E-state index contributed by atoms with van der Waals surface area (Å²) < 4.78 is 6.93. The number of fused-ring (bicyclic) bond motifs is 1. The van der Waals surface area contributed by atoms with E-state index in [9.17, 15) is 5.11 Å². The topological polar surface area (TPSA) is 29.5 Å². The molecule has 0 bridgehead atoms. The first-order chi connectivity index (χ1) is 13.2. The molecular weight excluding hydrogens is 428 g/mol. The smallest absolute Gasteiger partial charge is 0.241 e. The third kappa shape index (κ3) is 5.31. The van der Waals surface area contributed by atoms with Gasteiger partial charge in [0.25, 0.3) is 0 Å². The van der Waals surface area contributed by atoms with Crippen LogP contribution < -0.4 is 0 Å². The Hall–Kier alpha value is -0.583. The van der Waals surface area contributed by atoms with Crippen LogP contribution in [0.5, 0.6) is 0 Å². The first-order valence-corrected chi connectivity index (χ1v) is 15.2. The van der Waals surface area contributed by atoms with Gasteiger partial charge in [-0.25, -0.2) is 0 Å². The van der Waals surface area contributed by atoms with Gasteiger partial charge in [-0.2, -0.15) is 0 Å². The molecule has 1 aromatic rings. The van der Waals surface area contributed by atoms with Crippen LogP contribution in [0.4, 0.5) is 0 Å². The molecule has 2 aliphatic carbocycles. The van der Waals surface area contributed by atoms with Gasteiger partial charge in [0.05, 0.1) is 0 Å². The average molecular weight is 466 g/mol. The van der Waals surface area contributed by atoms with E-state index in [-0.39, 0.29) is 0 Å². The van der Waals surface area contributed by atoms with Crippen molar-refractivity contribution in [2.75, 3.05) is 0 Å². The van der Waals surface area contributed by atoms with Crippen molar-refractivity contribution in [3.8, 4) is 0 Å². The standard InChI is InChI=1S/C24H37BrO2Si/c1-6-7-17-8-10-18(11-9-17)19-12-20-14-22(23(25)15-21(20)13-19)24(26)16(2)27-28(3,4)5/h14-15,17-19,24,26H,2,6-13H2,1,3-5H3. The summed E-state index contributed by atoms with van der Waals surface area (Å²) >= 11 is 3.69. The predicted octanol–water partition coefficient (Wildman–Crippen LogP) is 7.17. The summed E-state index contributed by atoms with van der Waals surface area (Å²) in [5.41, 5.74) is 3.77. The number of hydrogen-bond acceptors (Lipinski definition) is 2. The molecule has 0 amide bonds. The Balaban J connectivity index is 1.67. The first kappa shape index (κ1) is 22.1. The molecule has 28 heavy (non-hydrogen) atoms. The lowest BCUT2D eigenvalue weighted by molar-refractivity contribution is 0.161. The van der Waals surface area contributed by atoms with E-state index >= 15 is 0 Å². The number of benzene rings is 1. The molecule has 1 fully saturated rings. The fourth-order valence-corrected chi connectivity index (χ4v) is 6.72. The van der Waals surface area contributed by atoms with E-state index in [1.54, 1.807) is 0 Å². The molecule has 0 heterocycles. The van der Waals surface area contributed by atoms with Crippen LogP contribution in [0.2, 0.25) is 19.6 Å². The van der Waals surface area contributed by atoms with Crippen molar-refractivity contribution in [1.29, 1.82) is 0 Å². The van der Waals surface area contributed by atoms with E-state index in [0.29, 0.717) is 5.76 Å². The summed E-state index contributed by atoms with van der Waals surface area (Å²) in [5, 5.41) is 10.8. The highest BCUT2D eigenvalue weighted by Gasteiger charge is 2.33. The van der Waals surface area contributed by atoms with Gasteiger partial charge >= 0.3 is 0 Å². The van der Waals surface area contributed by atoms with Crippen molar-refractivity contribution >= 4 is 24.2 Å². The lowest BCUT2D eigenvalue weighted by Crippen LogP contribution is -2.26. The van der Waals surface area contributed by atoms with Crippen molar-refractivity contribution in [2.45, 2.75) is 84.0 Å². The fraction of sp³-hybridized carbons (Fsp3) is 0.667. The molecule has 1 aromatic carbocycles. The van der Waals surface area contributed by atoms with Crippen LogP contribution >= 0.6 is 15.9 Å². The fourth-order valence-electron chi connectivity index (χ4n) is 5.22. The quantitative estimate of drug-likeness (QED) is 0.342. The van der Waals surface area contributed by atoms with Gasteiger partial charge in [0.1, 0.15) is 11.9 Å². The highest BCUT2D eigenvalue weighted by molar-refractivity contribution is 9.10. The van der Waals surface area contributed by atoms with E-state index in [1.807, 2.05) is 0 Å². The Labute approximate surface area is 181 Å². The zero-order valence-corrected chi connectivity index (χ0v) is 20.6. The van der Waals surface area contributed by atoms with Crippen LogP contribution in [0, 0.1) is 17.8 Å². The largest absolute Gasteiger partial charge is 0.546 e. The Morgan fingerprint density at radius 2 is 1.75 bits per heavy atom. The zero-order chi connectivity index (χ0) is 20.5. The second kappa shape index (κ2) is 9.05. The number of aliphatic hydroxyl groups is 1. The Morgan fingerprint density at radius 1 is 1.14 bits per heavy atom. The van der Waals surface area contributed by atoms with Gasteiger partial charge in [0, 0.05) is 10.0 Å². The van der Waals surface area contributed by atoms with E-state index in [4.69, 9.17) is 4.43 Å². The minimum Gasteiger partial charge on any atom is -0.546 e. The molecule has 2 nitrogen and oxygen atoms in total. The molecule has 2 unspecified atom stereocenters. The molecular formula is C24H37BrO2Si. The highest BCUT2D eigenvalue weighted by atomic mass is 79.9. The third-order valence-corrected chi connectivity index (χ3v) is 8.14. The van der Waals surface area contributed by atoms with Crippen molar-refractivity contribution in [3.63, 3.8) is 0 Å². The second-order valence-electron chi connectivity index (χ2n) is 9.96. The molecule has 0 saturated heterocycles. The maximum Gasteiger partial charge on any atom is 0.241 e. The SMILES string of the molecule is C=C(O[Si](C)(C)C)C(O)c1cc2c(cc1Br)CC(C1CCC(CCC)CC1)C2. The predicted molar refractivity (Wildman–Crippen MR) is 124 cm³/mol. The Kier molecular flexibility index (Phi) is 7.15. The highest BCUT2D eigenvalue weighted by Crippen LogP contribution is 2.43. The summed E-state index contributed by atoms with van der Waals surface area (Å²) in [7, 11) is -1.77. The van der Waals surface area contributed by atoms with Gasteiger partial charge in [0.2, 0.25) is 8.32 Å². The molecule has 1 saturated carbocycles. The molecule has 0 aromatic heterocycles. The molecule has 0 spiro atoms. The van der Waals surface area contributed by atoms with Crippen LogP contribution in [-0.4, -0.2) is 13.4 Å². The van der Waals surface area contributed by atoms with Gasteiger partial charge in [-0.15, -0.1) is 0 Å². The average Bonchev–Trinajstić information content (AvgIpc) is 3.02. The maximum atomic E-state index is 10.8. The van der Waals surface area contributed by atoms with E-state index in [0.717, 1.165) is 34.2 Å². The van der Waals surface area contributed by atoms with Gasteiger partial charge in [0.15, 0.2) is 0 Å². The van der Waals surface area contributed by atoms with Crippen molar-refractivity contribution in [2.24, 2.45) is 17.8 Å². The van der Waals surface area contributed by atoms with Crippen molar-refractivity contribution in [1.82, 2.24) is 0 Å². The molecule has 2 atom stereocenters. The number of rotatable bonds is 7. The Bertz CT molecular complexity index is 701. The van der Waals surface area contributed by atoms with Crippen LogP contribution in [-0.2, 0) is 17.3 Å². The van der Waals surface area contributed by atoms with E-state index in [2.05, 4.69) is 61.2 Å². The summed E-state index contributed by atoms with van der Waals surface area (Å²) in [4.78, 5) is 0. The molecule has 1 N–H and O–H groups in total. The van der Waals surface area contributed by atoms with Crippen molar-refractivity contribution in [3.05, 3.63) is 45.6 Å². The molecule has 4 heteroatoms. The first-order valence-electron chi connectivity index (χ1n) is 11.0. The van der Waals surface area contributed by atoms with Gasteiger partial charge in [-0.05, 0) is 80.3 Å². The number of aliphatic hydroxyl groups excluding tert-OH is 1. The zero-order valence-electron chi connectivity index (χ0n) is 18.1. The lowest BCUT2D eigenvalue weighted by atomic mass is 9.74. The van der Waals surface area contributed by atoms with Crippen LogP contribution in [0.3, 0.4) is 0 Å². The molecule has 156 valence electrons.